The third kappa shape index (κ3) is 4.35. The molecule has 5 heteroatoms. The summed E-state index contributed by atoms with van der Waals surface area (Å²) >= 11 is 0. The first-order chi connectivity index (χ1) is 12.5. The van der Waals surface area contributed by atoms with Gasteiger partial charge in [-0.3, -0.25) is 9.69 Å². The van der Waals surface area contributed by atoms with Crippen molar-refractivity contribution >= 4 is 17.3 Å². The fourth-order valence-electron chi connectivity index (χ4n) is 3.47. The number of carbonyl (C=O) groups is 1. The molecule has 1 fully saturated rings. The zero-order valence-electron chi connectivity index (χ0n) is 15.6. The quantitative estimate of drug-likeness (QED) is 0.839. The fourth-order valence-corrected chi connectivity index (χ4v) is 3.47. The summed E-state index contributed by atoms with van der Waals surface area (Å²) in [6, 6.07) is 16.7. The molecule has 0 aliphatic carbocycles. The monoisotopic (exact) mass is 352 g/mol. The second-order valence-electron chi connectivity index (χ2n) is 7.00. The van der Waals surface area contributed by atoms with Crippen LogP contribution in [0.25, 0.3) is 0 Å². The molecule has 0 radical (unpaired) electrons. The molecule has 3 rings (SSSR count). The third-order valence-electron chi connectivity index (χ3n) is 5.09. The van der Waals surface area contributed by atoms with Crippen molar-refractivity contribution in [2.45, 2.75) is 19.9 Å². The molecule has 0 bridgehead atoms. The maximum Gasteiger partial charge on any atom is 0.250 e. The summed E-state index contributed by atoms with van der Waals surface area (Å²) < 4.78 is 0. The minimum absolute atomic E-state index is 0.383. The molecule has 0 aromatic heterocycles. The molecule has 0 spiro atoms. The second-order valence-corrected chi connectivity index (χ2v) is 7.00. The Morgan fingerprint density at radius 3 is 2.46 bits per heavy atom. The van der Waals surface area contributed by atoms with Gasteiger partial charge >= 0.3 is 0 Å². The summed E-state index contributed by atoms with van der Waals surface area (Å²) in [5.74, 6) is -0.392. The highest BCUT2D eigenvalue weighted by Crippen LogP contribution is 2.19. The number of hydrogen-bond donors (Lipinski definition) is 2. The molecule has 1 saturated heterocycles. The fraction of sp³-hybridized carbons (Fsp3) is 0.381. The van der Waals surface area contributed by atoms with E-state index in [1.807, 2.05) is 19.1 Å². The number of nitrogens with zero attached hydrogens (tertiary/aromatic N) is 2. The van der Waals surface area contributed by atoms with Crippen LogP contribution in [-0.4, -0.2) is 49.6 Å². The van der Waals surface area contributed by atoms with Crippen molar-refractivity contribution in [1.29, 1.82) is 0 Å². The van der Waals surface area contributed by atoms with Crippen LogP contribution in [0.1, 0.15) is 22.8 Å². The minimum atomic E-state index is -0.392. The van der Waals surface area contributed by atoms with Crippen LogP contribution in [0.2, 0.25) is 0 Å². The number of amides is 1. The van der Waals surface area contributed by atoms with Gasteiger partial charge in [0.1, 0.15) is 0 Å². The third-order valence-corrected chi connectivity index (χ3v) is 5.09. The van der Waals surface area contributed by atoms with Crippen LogP contribution < -0.4 is 16.0 Å². The Labute approximate surface area is 155 Å². The topological polar surface area (TPSA) is 61.6 Å². The summed E-state index contributed by atoms with van der Waals surface area (Å²) in [6.45, 7) is 9.17. The van der Waals surface area contributed by atoms with Gasteiger partial charge in [-0.2, -0.15) is 0 Å². The van der Waals surface area contributed by atoms with Gasteiger partial charge in [-0.05, 0) is 43.7 Å². The lowest BCUT2D eigenvalue weighted by molar-refractivity contribution is 0.100. The maximum absolute atomic E-state index is 11.6. The SMILES string of the molecule is Cc1ccc(C(N)=O)c(NCC(C)N2CCN(c3ccccc3)CC2)c1. The minimum Gasteiger partial charge on any atom is -0.383 e. The van der Waals surface area contributed by atoms with Crippen molar-refractivity contribution in [3.8, 4) is 0 Å². The predicted molar refractivity (Wildman–Crippen MR) is 108 cm³/mol. The Hall–Kier alpha value is -2.53. The molecule has 138 valence electrons. The summed E-state index contributed by atoms with van der Waals surface area (Å²) in [4.78, 5) is 16.5. The molecule has 1 heterocycles. The van der Waals surface area contributed by atoms with E-state index >= 15 is 0 Å². The number of primary amides is 1. The lowest BCUT2D eigenvalue weighted by atomic mass is 10.1. The molecular formula is C21H28N4O. The van der Waals surface area contributed by atoms with E-state index in [1.165, 1.54) is 5.69 Å². The number of piperazine rings is 1. The Morgan fingerprint density at radius 1 is 1.12 bits per heavy atom. The molecular weight excluding hydrogens is 324 g/mol. The summed E-state index contributed by atoms with van der Waals surface area (Å²) in [6.07, 6.45) is 0. The van der Waals surface area contributed by atoms with Gasteiger partial charge in [-0.25, -0.2) is 0 Å². The number of aryl methyl sites for hydroxylation is 1. The van der Waals surface area contributed by atoms with Gasteiger partial charge < -0.3 is 16.0 Å². The zero-order valence-corrected chi connectivity index (χ0v) is 15.6. The molecule has 3 N–H and O–H groups in total. The number of hydrogen-bond acceptors (Lipinski definition) is 4. The number of nitrogens with one attached hydrogen (secondary N) is 1. The lowest BCUT2D eigenvalue weighted by Crippen LogP contribution is -2.51. The standard InChI is InChI=1S/C21H28N4O/c1-16-8-9-19(21(22)26)20(14-16)23-15-17(2)24-10-12-25(13-11-24)18-6-4-3-5-7-18/h3-9,14,17,23H,10-13,15H2,1-2H3,(H2,22,26). The normalized spacial score (nSPS) is 16.3. The van der Waals surface area contributed by atoms with E-state index in [-0.39, 0.29) is 0 Å². The highest BCUT2D eigenvalue weighted by Gasteiger charge is 2.21. The second kappa shape index (κ2) is 8.23. The Kier molecular flexibility index (Phi) is 5.78. The summed E-state index contributed by atoms with van der Waals surface area (Å²) in [5, 5.41) is 3.42. The number of carbonyl (C=O) groups excluding carboxylic acids is 1. The summed E-state index contributed by atoms with van der Waals surface area (Å²) in [7, 11) is 0. The number of benzene rings is 2. The Morgan fingerprint density at radius 2 is 1.81 bits per heavy atom. The number of para-hydroxylation sites is 1. The number of anilines is 2. The van der Waals surface area contributed by atoms with Gasteiger partial charge in [0.15, 0.2) is 0 Å². The van der Waals surface area contributed by atoms with Gasteiger partial charge in [-0.1, -0.05) is 24.3 Å². The van der Waals surface area contributed by atoms with Crippen molar-refractivity contribution in [2.75, 3.05) is 42.9 Å². The maximum atomic E-state index is 11.6. The van der Waals surface area contributed by atoms with Crippen molar-refractivity contribution in [1.82, 2.24) is 4.90 Å². The van der Waals surface area contributed by atoms with Crippen LogP contribution in [-0.2, 0) is 0 Å². The largest absolute Gasteiger partial charge is 0.383 e. The van der Waals surface area contributed by atoms with Crippen molar-refractivity contribution < 1.29 is 4.79 Å². The van der Waals surface area contributed by atoms with E-state index in [9.17, 15) is 4.79 Å². The molecule has 1 amide bonds. The van der Waals surface area contributed by atoms with E-state index in [1.54, 1.807) is 6.07 Å². The molecule has 5 nitrogen and oxygen atoms in total. The predicted octanol–water partition coefficient (Wildman–Crippen LogP) is 2.72. The van der Waals surface area contributed by atoms with Crippen molar-refractivity contribution in [2.24, 2.45) is 5.73 Å². The van der Waals surface area contributed by atoms with E-state index in [2.05, 4.69) is 52.4 Å². The summed E-state index contributed by atoms with van der Waals surface area (Å²) in [5.41, 5.74) is 9.28. The van der Waals surface area contributed by atoms with Crippen LogP contribution in [0.3, 0.4) is 0 Å². The van der Waals surface area contributed by atoms with Gasteiger partial charge in [0, 0.05) is 50.1 Å². The average Bonchev–Trinajstić information content (AvgIpc) is 2.66. The van der Waals surface area contributed by atoms with Gasteiger partial charge in [0.2, 0.25) is 0 Å². The van der Waals surface area contributed by atoms with Gasteiger partial charge in [-0.15, -0.1) is 0 Å². The molecule has 2 aromatic rings. The molecule has 26 heavy (non-hydrogen) atoms. The highest BCUT2D eigenvalue weighted by molar-refractivity contribution is 5.98. The first-order valence-electron chi connectivity index (χ1n) is 9.23. The first kappa shape index (κ1) is 18.3. The van der Waals surface area contributed by atoms with Crippen LogP contribution in [0.5, 0.6) is 0 Å². The van der Waals surface area contributed by atoms with Crippen LogP contribution >= 0.6 is 0 Å². The number of rotatable bonds is 6. The molecule has 1 aliphatic rings. The zero-order chi connectivity index (χ0) is 18.5. The average molecular weight is 352 g/mol. The van der Waals surface area contributed by atoms with E-state index in [4.69, 9.17) is 5.73 Å². The van der Waals surface area contributed by atoms with Gasteiger partial charge in [0.25, 0.3) is 5.91 Å². The Balaban J connectivity index is 1.54. The lowest BCUT2D eigenvalue weighted by Gasteiger charge is -2.39. The molecule has 1 atom stereocenters. The number of nitrogens with two attached hydrogens (primary N) is 1. The van der Waals surface area contributed by atoms with Crippen LogP contribution in [0.4, 0.5) is 11.4 Å². The van der Waals surface area contributed by atoms with Crippen molar-refractivity contribution in [3.05, 3.63) is 59.7 Å². The van der Waals surface area contributed by atoms with E-state index in [0.717, 1.165) is 44.0 Å². The first-order valence-corrected chi connectivity index (χ1v) is 9.23. The molecule has 1 aliphatic heterocycles. The molecule has 0 saturated carbocycles. The molecule has 2 aromatic carbocycles. The van der Waals surface area contributed by atoms with Crippen molar-refractivity contribution in [3.63, 3.8) is 0 Å². The van der Waals surface area contributed by atoms with E-state index in [0.29, 0.717) is 11.6 Å². The van der Waals surface area contributed by atoms with E-state index < -0.39 is 5.91 Å². The smallest absolute Gasteiger partial charge is 0.250 e. The van der Waals surface area contributed by atoms with Crippen LogP contribution in [0, 0.1) is 6.92 Å². The highest BCUT2D eigenvalue weighted by atomic mass is 16.1. The Bertz CT molecular complexity index is 739. The van der Waals surface area contributed by atoms with Crippen LogP contribution in [0.15, 0.2) is 48.5 Å². The van der Waals surface area contributed by atoms with Gasteiger partial charge in [0.05, 0.1) is 5.56 Å². The molecule has 1 unspecified atom stereocenters.